The molecule has 1 aliphatic rings. The Morgan fingerprint density at radius 2 is 1.89 bits per heavy atom. The fraction of sp³-hybridized carbons (Fsp3) is 0.323. The number of likely N-dealkylation sites (tertiary alicyclic amines) is 1. The minimum atomic E-state index is -0.242. The van der Waals surface area contributed by atoms with Gasteiger partial charge in [0.1, 0.15) is 5.65 Å². The number of hydrogen-bond donors (Lipinski definition) is 0. The molecule has 196 valence electrons. The molecular formula is C31H32ClN3O3. The monoisotopic (exact) mass is 529 g/mol. The van der Waals surface area contributed by atoms with Gasteiger partial charge < -0.3 is 14.0 Å². The minimum absolute atomic E-state index is 0.0534. The molecule has 0 spiro atoms. The number of halogens is 1. The fourth-order valence-electron chi connectivity index (χ4n) is 5.31. The van der Waals surface area contributed by atoms with Gasteiger partial charge in [-0.1, -0.05) is 48.0 Å². The Bertz CT molecular complexity index is 1460. The number of carbonyl (C=O) groups excluding carboxylic acids is 2. The van der Waals surface area contributed by atoms with Crippen molar-refractivity contribution in [1.29, 1.82) is 0 Å². The topological polar surface area (TPSA) is 63.9 Å². The normalized spacial score (nSPS) is 15.6. The third-order valence-electron chi connectivity index (χ3n) is 7.23. The van der Waals surface area contributed by atoms with Crippen molar-refractivity contribution in [1.82, 2.24) is 14.3 Å². The Balaban J connectivity index is 1.45. The van der Waals surface area contributed by atoms with Crippen molar-refractivity contribution in [3.05, 3.63) is 83.1 Å². The van der Waals surface area contributed by atoms with Gasteiger partial charge in [-0.3, -0.25) is 9.59 Å². The Labute approximate surface area is 228 Å². The van der Waals surface area contributed by atoms with Crippen LogP contribution in [0, 0.1) is 12.8 Å². The van der Waals surface area contributed by atoms with E-state index in [-0.39, 0.29) is 17.8 Å². The second kappa shape index (κ2) is 11.4. The van der Waals surface area contributed by atoms with Gasteiger partial charge in [-0.2, -0.15) is 0 Å². The molecule has 3 heterocycles. The first kappa shape index (κ1) is 26.0. The molecule has 0 aliphatic carbocycles. The summed E-state index contributed by atoms with van der Waals surface area (Å²) in [7, 11) is 0. The summed E-state index contributed by atoms with van der Waals surface area (Å²) >= 11 is 6.20. The molecule has 1 saturated heterocycles. The van der Waals surface area contributed by atoms with E-state index in [1.54, 1.807) is 0 Å². The molecule has 4 aromatic rings. The highest BCUT2D eigenvalue weighted by Gasteiger charge is 2.29. The number of rotatable bonds is 7. The van der Waals surface area contributed by atoms with Crippen LogP contribution in [-0.4, -0.2) is 45.9 Å². The lowest BCUT2D eigenvalue weighted by atomic mass is 9.97. The molecule has 5 rings (SSSR count). The van der Waals surface area contributed by atoms with Crippen molar-refractivity contribution in [2.75, 3.05) is 19.7 Å². The van der Waals surface area contributed by atoms with Crippen molar-refractivity contribution in [3.8, 4) is 22.4 Å². The van der Waals surface area contributed by atoms with Crippen LogP contribution < -0.4 is 0 Å². The maximum Gasteiger partial charge on any atom is 0.310 e. The van der Waals surface area contributed by atoms with Crippen LogP contribution in [0.3, 0.4) is 0 Å². The van der Waals surface area contributed by atoms with Gasteiger partial charge in [0.2, 0.25) is 5.91 Å². The number of fused-ring (bicyclic) bond motifs is 1. The van der Waals surface area contributed by atoms with Gasteiger partial charge >= 0.3 is 5.97 Å². The number of benzene rings is 2. The van der Waals surface area contributed by atoms with Gasteiger partial charge in [0.05, 0.1) is 23.9 Å². The van der Waals surface area contributed by atoms with E-state index in [4.69, 9.17) is 21.3 Å². The molecule has 1 fully saturated rings. The molecule has 0 bridgehead atoms. The highest BCUT2D eigenvalue weighted by atomic mass is 35.5. The Hall–Kier alpha value is -3.64. The number of esters is 1. The zero-order valence-corrected chi connectivity index (χ0v) is 22.6. The largest absolute Gasteiger partial charge is 0.466 e. The Morgan fingerprint density at radius 1 is 1.08 bits per heavy atom. The number of imidazole rings is 1. The maximum atomic E-state index is 13.3. The molecule has 7 heteroatoms. The lowest BCUT2D eigenvalue weighted by Crippen LogP contribution is -2.42. The molecule has 6 nitrogen and oxygen atoms in total. The predicted molar refractivity (Wildman–Crippen MR) is 150 cm³/mol. The number of piperidine rings is 1. The van der Waals surface area contributed by atoms with E-state index < -0.39 is 0 Å². The predicted octanol–water partition coefficient (Wildman–Crippen LogP) is 6.36. The lowest BCUT2D eigenvalue weighted by molar-refractivity contribution is -0.151. The highest BCUT2D eigenvalue weighted by molar-refractivity contribution is 6.30. The van der Waals surface area contributed by atoms with E-state index in [0.29, 0.717) is 37.6 Å². The first-order chi connectivity index (χ1) is 18.4. The summed E-state index contributed by atoms with van der Waals surface area (Å²) in [5.74, 6) is -0.394. The summed E-state index contributed by atoms with van der Waals surface area (Å²) in [4.78, 5) is 32.3. The van der Waals surface area contributed by atoms with Crippen LogP contribution in [0.25, 0.3) is 28.0 Å². The summed E-state index contributed by atoms with van der Waals surface area (Å²) < 4.78 is 7.32. The molecule has 38 heavy (non-hydrogen) atoms. The standard InChI is InChI=1S/C31H32ClN3O3/c1-3-38-31(37)24-10-7-17-34(19-24)29(36)16-14-27-30(22-8-5-4-6-9-22)33-28-15-11-23(20-35(27)28)26-13-12-25(32)18-21(26)2/h4-6,8-9,11-13,15,18,20,24H,3,7,10,14,16-17,19H2,1-2H3/t24-/m1/s1. The molecule has 0 N–H and O–H groups in total. The Morgan fingerprint density at radius 3 is 2.66 bits per heavy atom. The zero-order chi connectivity index (χ0) is 26.6. The van der Waals surface area contributed by atoms with Crippen molar-refractivity contribution in [2.45, 2.75) is 39.5 Å². The van der Waals surface area contributed by atoms with Gasteiger partial charge in [0, 0.05) is 36.3 Å². The third-order valence-corrected chi connectivity index (χ3v) is 7.47. The Kier molecular flexibility index (Phi) is 7.79. The average molecular weight is 530 g/mol. The van der Waals surface area contributed by atoms with Crippen LogP contribution in [0.4, 0.5) is 0 Å². The van der Waals surface area contributed by atoms with Crippen LogP contribution in [0.5, 0.6) is 0 Å². The van der Waals surface area contributed by atoms with E-state index in [1.807, 2.05) is 66.4 Å². The highest BCUT2D eigenvalue weighted by Crippen LogP contribution is 2.30. The summed E-state index contributed by atoms with van der Waals surface area (Å²) in [5.41, 5.74) is 6.98. The third kappa shape index (κ3) is 5.46. The van der Waals surface area contributed by atoms with Crippen LogP contribution in [0.1, 0.15) is 37.4 Å². The zero-order valence-electron chi connectivity index (χ0n) is 21.8. The van der Waals surface area contributed by atoms with Crippen molar-refractivity contribution in [3.63, 3.8) is 0 Å². The van der Waals surface area contributed by atoms with Gasteiger partial charge in [-0.15, -0.1) is 0 Å². The smallest absolute Gasteiger partial charge is 0.310 e. The number of aryl methyl sites for hydroxylation is 2. The van der Waals surface area contributed by atoms with Gasteiger partial charge in [0.25, 0.3) is 0 Å². The molecular weight excluding hydrogens is 498 g/mol. The molecule has 0 saturated carbocycles. The van der Waals surface area contributed by atoms with Crippen LogP contribution in [0.2, 0.25) is 5.02 Å². The number of aromatic nitrogens is 2. The molecule has 2 aromatic heterocycles. The summed E-state index contributed by atoms with van der Waals surface area (Å²) in [6.07, 6.45) is 4.55. The number of hydrogen-bond acceptors (Lipinski definition) is 4. The van der Waals surface area contributed by atoms with E-state index in [1.165, 1.54) is 0 Å². The quantitative estimate of drug-likeness (QED) is 0.261. The fourth-order valence-corrected chi connectivity index (χ4v) is 5.54. The van der Waals surface area contributed by atoms with Gasteiger partial charge in [-0.25, -0.2) is 4.98 Å². The number of nitrogens with zero attached hydrogens (tertiary/aromatic N) is 3. The van der Waals surface area contributed by atoms with E-state index in [9.17, 15) is 9.59 Å². The van der Waals surface area contributed by atoms with Gasteiger partial charge in [-0.05, 0) is 74.1 Å². The van der Waals surface area contributed by atoms with E-state index >= 15 is 0 Å². The lowest BCUT2D eigenvalue weighted by Gasteiger charge is -2.31. The molecule has 1 aliphatic heterocycles. The van der Waals surface area contributed by atoms with Crippen LogP contribution in [-0.2, 0) is 20.7 Å². The first-order valence-corrected chi connectivity index (χ1v) is 13.6. The summed E-state index contributed by atoms with van der Waals surface area (Å²) in [5, 5.41) is 0.712. The molecule has 2 aromatic carbocycles. The number of pyridine rings is 1. The first-order valence-electron chi connectivity index (χ1n) is 13.2. The van der Waals surface area contributed by atoms with Crippen LogP contribution >= 0.6 is 11.6 Å². The van der Waals surface area contributed by atoms with Gasteiger partial charge in [0.15, 0.2) is 0 Å². The number of ether oxygens (including phenoxy) is 1. The minimum Gasteiger partial charge on any atom is -0.466 e. The SMILES string of the molecule is CCOC(=O)[C@@H]1CCCN(C(=O)CCc2c(-c3ccccc3)nc3ccc(-c4ccc(Cl)cc4C)cn23)C1. The molecule has 1 atom stereocenters. The molecule has 0 unspecified atom stereocenters. The number of amides is 1. The van der Waals surface area contributed by atoms with E-state index in [0.717, 1.165) is 52.1 Å². The second-order valence-electron chi connectivity index (χ2n) is 9.81. The summed E-state index contributed by atoms with van der Waals surface area (Å²) in [6, 6.07) is 20.1. The van der Waals surface area contributed by atoms with Crippen LogP contribution in [0.15, 0.2) is 66.9 Å². The van der Waals surface area contributed by atoms with Crippen molar-refractivity contribution in [2.24, 2.45) is 5.92 Å². The molecule has 1 amide bonds. The van der Waals surface area contributed by atoms with Crippen molar-refractivity contribution >= 4 is 29.1 Å². The van der Waals surface area contributed by atoms with E-state index in [2.05, 4.69) is 23.6 Å². The second-order valence-corrected chi connectivity index (χ2v) is 10.2. The van der Waals surface area contributed by atoms with Crippen molar-refractivity contribution < 1.29 is 14.3 Å². The maximum absolute atomic E-state index is 13.3. The summed E-state index contributed by atoms with van der Waals surface area (Å²) in [6.45, 7) is 5.32. The molecule has 0 radical (unpaired) electrons. The average Bonchev–Trinajstić information content (AvgIpc) is 3.30. The number of carbonyl (C=O) groups is 2.